The Hall–Kier alpha value is -1.39. The lowest BCUT2D eigenvalue weighted by Gasteiger charge is -2.32. The topological polar surface area (TPSA) is 66.6 Å². The number of carbonyl (C=O) groups excluding carboxylic acids is 1. The van der Waals surface area contributed by atoms with Gasteiger partial charge in [0.25, 0.3) is 0 Å². The van der Waals surface area contributed by atoms with E-state index >= 15 is 0 Å². The lowest BCUT2D eigenvalue weighted by atomic mass is 9.95. The van der Waals surface area contributed by atoms with E-state index in [1.165, 1.54) is 0 Å². The van der Waals surface area contributed by atoms with Gasteiger partial charge in [-0.05, 0) is 32.8 Å². The van der Waals surface area contributed by atoms with Crippen LogP contribution >= 0.6 is 0 Å². The molecular weight excluding hydrogens is 264 g/mol. The molecule has 0 spiro atoms. The number of aliphatic hydroxyl groups is 1. The average molecular weight is 292 g/mol. The van der Waals surface area contributed by atoms with Crippen molar-refractivity contribution in [3.63, 3.8) is 0 Å². The summed E-state index contributed by atoms with van der Waals surface area (Å²) in [6, 6.07) is 7.71. The fourth-order valence-corrected chi connectivity index (χ4v) is 2.45. The molecule has 118 valence electrons. The van der Waals surface area contributed by atoms with Crippen molar-refractivity contribution in [3.8, 4) is 0 Å². The summed E-state index contributed by atoms with van der Waals surface area (Å²) in [5, 5.41) is 10.3. The van der Waals surface area contributed by atoms with Gasteiger partial charge in [-0.1, -0.05) is 43.2 Å². The van der Waals surface area contributed by atoms with Crippen LogP contribution in [0.15, 0.2) is 24.3 Å². The summed E-state index contributed by atoms with van der Waals surface area (Å²) < 4.78 is 0. The molecule has 1 amide bonds. The summed E-state index contributed by atoms with van der Waals surface area (Å²) in [5.41, 5.74) is 7.21. The van der Waals surface area contributed by atoms with Gasteiger partial charge in [-0.3, -0.25) is 4.79 Å². The standard InChI is InChI=1S/C17H28N2O2/c1-5-11-17(4,18)16(21)19(6-2)12-15(20)14-9-7-13(3)8-10-14/h7-10,15,20H,5-6,11-12,18H2,1-4H3. The number of rotatable bonds is 7. The van der Waals surface area contributed by atoms with Crippen LogP contribution in [-0.4, -0.2) is 34.5 Å². The summed E-state index contributed by atoms with van der Waals surface area (Å²) in [4.78, 5) is 14.1. The highest BCUT2D eigenvalue weighted by Crippen LogP contribution is 2.18. The molecule has 0 aliphatic rings. The molecule has 0 saturated heterocycles. The molecule has 1 rings (SSSR count). The quantitative estimate of drug-likeness (QED) is 0.811. The van der Waals surface area contributed by atoms with Crippen LogP contribution in [0.5, 0.6) is 0 Å². The van der Waals surface area contributed by atoms with Crippen LogP contribution in [0.25, 0.3) is 0 Å². The third-order valence-corrected chi connectivity index (χ3v) is 3.78. The van der Waals surface area contributed by atoms with E-state index in [4.69, 9.17) is 5.73 Å². The van der Waals surface area contributed by atoms with Gasteiger partial charge < -0.3 is 15.7 Å². The number of amides is 1. The van der Waals surface area contributed by atoms with Crippen LogP contribution in [0, 0.1) is 6.92 Å². The van der Waals surface area contributed by atoms with Crippen LogP contribution in [0.3, 0.4) is 0 Å². The van der Waals surface area contributed by atoms with Crippen molar-refractivity contribution in [1.82, 2.24) is 4.90 Å². The SMILES string of the molecule is CCCC(C)(N)C(=O)N(CC)CC(O)c1ccc(C)cc1. The minimum atomic E-state index is -0.863. The number of hydrogen-bond donors (Lipinski definition) is 2. The zero-order chi connectivity index (χ0) is 16.0. The Bertz CT molecular complexity index is 454. The number of hydrogen-bond acceptors (Lipinski definition) is 3. The molecule has 0 heterocycles. The molecule has 0 aromatic heterocycles. The molecule has 3 N–H and O–H groups in total. The van der Waals surface area contributed by atoms with E-state index in [0.717, 1.165) is 17.5 Å². The van der Waals surface area contributed by atoms with Crippen molar-refractivity contribution in [2.75, 3.05) is 13.1 Å². The number of benzene rings is 1. The van der Waals surface area contributed by atoms with E-state index in [0.29, 0.717) is 13.0 Å². The van der Waals surface area contributed by atoms with Gasteiger partial charge in [-0.25, -0.2) is 0 Å². The number of likely N-dealkylation sites (N-methyl/N-ethyl adjacent to an activating group) is 1. The van der Waals surface area contributed by atoms with E-state index in [1.54, 1.807) is 11.8 Å². The van der Waals surface area contributed by atoms with Crippen molar-refractivity contribution in [2.24, 2.45) is 5.73 Å². The first-order valence-corrected chi connectivity index (χ1v) is 7.64. The Morgan fingerprint density at radius 3 is 2.38 bits per heavy atom. The number of nitrogens with zero attached hydrogens (tertiary/aromatic N) is 1. The van der Waals surface area contributed by atoms with E-state index in [1.807, 2.05) is 45.0 Å². The molecule has 0 fully saturated rings. The van der Waals surface area contributed by atoms with Gasteiger partial charge in [0.05, 0.1) is 18.2 Å². The molecule has 21 heavy (non-hydrogen) atoms. The molecule has 1 aromatic rings. The smallest absolute Gasteiger partial charge is 0.242 e. The van der Waals surface area contributed by atoms with Crippen molar-refractivity contribution in [2.45, 2.75) is 52.2 Å². The van der Waals surface area contributed by atoms with Crippen molar-refractivity contribution in [3.05, 3.63) is 35.4 Å². The summed E-state index contributed by atoms with van der Waals surface area (Å²) in [6.07, 6.45) is 0.812. The van der Waals surface area contributed by atoms with Gasteiger partial charge in [-0.15, -0.1) is 0 Å². The molecule has 0 aliphatic heterocycles. The van der Waals surface area contributed by atoms with E-state index < -0.39 is 11.6 Å². The van der Waals surface area contributed by atoms with Gasteiger partial charge in [0.1, 0.15) is 0 Å². The van der Waals surface area contributed by atoms with Crippen molar-refractivity contribution < 1.29 is 9.90 Å². The summed E-state index contributed by atoms with van der Waals surface area (Å²) in [5.74, 6) is -0.0991. The van der Waals surface area contributed by atoms with Crippen LogP contribution in [-0.2, 0) is 4.79 Å². The van der Waals surface area contributed by atoms with E-state index in [2.05, 4.69) is 0 Å². The third-order valence-electron chi connectivity index (χ3n) is 3.78. The van der Waals surface area contributed by atoms with E-state index in [-0.39, 0.29) is 12.5 Å². The highest BCUT2D eigenvalue weighted by Gasteiger charge is 2.32. The minimum Gasteiger partial charge on any atom is -0.387 e. The highest BCUT2D eigenvalue weighted by molar-refractivity contribution is 5.85. The molecule has 1 aromatic carbocycles. The Balaban J connectivity index is 2.77. The molecular formula is C17H28N2O2. The van der Waals surface area contributed by atoms with Crippen molar-refractivity contribution >= 4 is 5.91 Å². The zero-order valence-corrected chi connectivity index (χ0v) is 13.6. The molecule has 2 atom stereocenters. The summed E-state index contributed by atoms with van der Waals surface area (Å²) >= 11 is 0. The Morgan fingerprint density at radius 2 is 1.90 bits per heavy atom. The largest absolute Gasteiger partial charge is 0.387 e. The van der Waals surface area contributed by atoms with Crippen molar-refractivity contribution in [1.29, 1.82) is 0 Å². The number of carbonyl (C=O) groups is 1. The first-order chi connectivity index (χ1) is 9.81. The Kier molecular flexibility index (Phi) is 6.37. The first kappa shape index (κ1) is 17.7. The van der Waals surface area contributed by atoms with Gasteiger partial charge in [-0.2, -0.15) is 0 Å². The number of nitrogens with two attached hydrogens (primary N) is 1. The molecule has 4 nitrogen and oxygen atoms in total. The maximum atomic E-state index is 12.5. The summed E-state index contributed by atoms with van der Waals surface area (Å²) in [6.45, 7) is 8.49. The molecule has 0 bridgehead atoms. The minimum absolute atomic E-state index is 0.0991. The van der Waals surface area contributed by atoms with Gasteiger partial charge in [0, 0.05) is 6.54 Å². The second-order valence-electron chi connectivity index (χ2n) is 5.94. The average Bonchev–Trinajstić information content (AvgIpc) is 2.44. The highest BCUT2D eigenvalue weighted by atomic mass is 16.3. The lowest BCUT2D eigenvalue weighted by Crippen LogP contribution is -2.54. The second kappa shape index (κ2) is 7.57. The van der Waals surface area contributed by atoms with Crippen LogP contribution in [0.1, 0.15) is 50.8 Å². The van der Waals surface area contributed by atoms with Gasteiger partial charge in [0.2, 0.25) is 5.91 Å². The fraction of sp³-hybridized carbons (Fsp3) is 0.588. The van der Waals surface area contributed by atoms with E-state index in [9.17, 15) is 9.90 Å². The molecule has 0 radical (unpaired) electrons. The first-order valence-electron chi connectivity index (χ1n) is 7.64. The monoisotopic (exact) mass is 292 g/mol. The maximum Gasteiger partial charge on any atom is 0.242 e. The molecule has 2 unspecified atom stereocenters. The summed E-state index contributed by atoms with van der Waals surface area (Å²) in [7, 11) is 0. The number of aliphatic hydroxyl groups excluding tert-OH is 1. The predicted molar refractivity (Wildman–Crippen MR) is 85.9 cm³/mol. The molecule has 4 heteroatoms. The molecule has 0 aliphatic carbocycles. The van der Waals surface area contributed by atoms with Gasteiger partial charge >= 0.3 is 0 Å². The second-order valence-corrected chi connectivity index (χ2v) is 5.94. The Labute approximate surface area is 128 Å². The lowest BCUT2D eigenvalue weighted by molar-refractivity contribution is -0.138. The number of aryl methyl sites for hydroxylation is 1. The normalized spacial score (nSPS) is 15.3. The van der Waals surface area contributed by atoms with Gasteiger partial charge in [0.15, 0.2) is 0 Å². The Morgan fingerprint density at radius 1 is 1.33 bits per heavy atom. The third kappa shape index (κ3) is 4.83. The van der Waals surface area contributed by atoms with Crippen LogP contribution in [0.4, 0.5) is 0 Å². The maximum absolute atomic E-state index is 12.5. The van der Waals surface area contributed by atoms with Crippen LogP contribution in [0.2, 0.25) is 0 Å². The van der Waals surface area contributed by atoms with Crippen LogP contribution < -0.4 is 5.73 Å². The molecule has 0 saturated carbocycles. The fourth-order valence-electron chi connectivity index (χ4n) is 2.45. The predicted octanol–water partition coefficient (Wildman–Crippen LogP) is 2.39. The zero-order valence-electron chi connectivity index (χ0n) is 13.6.